The summed E-state index contributed by atoms with van der Waals surface area (Å²) < 4.78 is 0. The Morgan fingerprint density at radius 1 is 1.54 bits per heavy atom. The number of carbonyl (C=O) groups is 1. The molecular weight excluding hydrogens is 182 g/mol. The molecule has 0 spiro atoms. The molecule has 0 bridgehead atoms. The second kappa shape index (κ2) is 7.25. The maximum Gasteiger partial charge on any atom is 0.219 e. The molecule has 0 rings (SSSR count). The Kier molecular flexibility index (Phi) is 7.14. The minimum absolute atomic E-state index is 0.156. The molecule has 0 heterocycles. The second-order valence-electron chi connectivity index (χ2n) is 3.41. The molecule has 0 aliphatic rings. The third-order valence-electron chi connectivity index (χ3n) is 2.06. The smallest absolute Gasteiger partial charge is 0.219 e. The Morgan fingerprint density at radius 3 is 2.62 bits per heavy atom. The molecule has 0 saturated heterocycles. The van der Waals surface area contributed by atoms with E-state index in [2.05, 4.69) is 13.8 Å². The van der Waals surface area contributed by atoms with E-state index in [1.54, 1.807) is 11.8 Å². The van der Waals surface area contributed by atoms with E-state index in [4.69, 9.17) is 0 Å². The van der Waals surface area contributed by atoms with Crippen LogP contribution >= 0.6 is 11.8 Å². The van der Waals surface area contributed by atoms with Crippen LogP contribution in [0.5, 0.6) is 0 Å². The molecule has 0 aromatic heterocycles. The lowest BCUT2D eigenvalue weighted by atomic mass is 10.3. The van der Waals surface area contributed by atoms with E-state index >= 15 is 0 Å². The number of hydrogen-bond acceptors (Lipinski definition) is 2. The zero-order valence-electron chi connectivity index (χ0n) is 9.17. The molecule has 1 amide bonds. The van der Waals surface area contributed by atoms with Crippen molar-refractivity contribution in [3.05, 3.63) is 0 Å². The van der Waals surface area contributed by atoms with Crippen LogP contribution in [0.15, 0.2) is 0 Å². The van der Waals surface area contributed by atoms with Crippen LogP contribution in [0.4, 0.5) is 0 Å². The molecule has 1 unspecified atom stereocenters. The van der Waals surface area contributed by atoms with E-state index < -0.39 is 0 Å². The normalized spacial score (nSPS) is 12.6. The number of nitrogens with zero attached hydrogens (tertiary/aromatic N) is 1. The lowest BCUT2D eigenvalue weighted by Crippen LogP contribution is -2.26. The van der Waals surface area contributed by atoms with E-state index in [-0.39, 0.29) is 5.91 Å². The summed E-state index contributed by atoms with van der Waals surface area (Å²) in [6.07, 6.45) is 2.52. The lowest BCUT2D eigenvalue weighted by molar-refractivity contribution is -0.127. The summed E-state index contributed by atoms with van der Waals surface area (Å²) >= 11 is 1.95. The third-order valence-corrected chi connectivity index (χ3v) is 3.28. The third kappa shape index (κ3) is 6.94. The van der Waals surface area contributed by atoms with Crippen LogP contribution in [0.1, 0.15) is 33.6 Å². The first kappa shape index (κ1) is 12.8. The van der Waals surface area contributed by atoms with Crippen LogP contribution in [0, 0.1) is 0 Å². The van der Waals surface area contributed by atoms with Gasteiger partial charge < -0.3 is 4.90 Å². The molecular formula is C10H21NOS. The van der Waals surface area contributed by atoms with Crippen molar-refractivity contribution in [1.29, 1.82) is 0 Å². The maximum absolute atomic E-state index is 10.9. The summed E-state index contributed by atoms with van der Waals surface area (Å²) in [7, 11) is 1.85. The molecule has 13 heavy (non-hydrogen) atoms. The van der Waals surface area contributed by atoms with E-state index in [0.29, 0.717) is 0 Å². The number of amides is 1. The van der Waals surface area contributed by atoms with Crippen LogP contribution in [0.2, 0.25) is 0 Å². The van der Waals surface area contributed by atoms with Gasteiger partial charge in [-0.05, 0) is 6.42 Å². The molecule has 2 nitrogen and oxygen atoms in total. The monoisotopic (exact) mass is 203 g/mol. The fourth-order valence-electron chi connectivity index (χ4n) is 1.04. The van der Waals surface area contributed by atoms with Gasteiger partial charge in [0.1, 0.15) is 0 Å². The average molecular weight is 203 g/mol. The lowest BCUT2D eigenvalue weighted by Gasteiger charge is -2.16. The van der Waals surface area contributed by atoms with Crippen molar-refractivity contribution in [2.75, 3.05) is 19.3 Å². The van der Waals surface area contributed by atoms with Gasteiger partial charge in [-0.3, -0.25) is 4.79 Å². The zero-order valence-corrected chi connectivity index (χ0v) is 9.99. The first-order valence-electron chi connectivity index (χ1n) is 4.91. The highest BCUT2D eigenvalue weighted by Gasteiger charge is 2.04. The summed E-state index contributed by atoms with van der Waals surface area (Å²) in [5, 5.41) is 0.727. The van der Waals surface area contributed by atoms with Crippen LogP contribution in [0.25, 0.3) is 0 Å². The predicted molar refractivity (Wildman–Crippen MR) is 60.1 cm³/mol. The summed E-state index contributed by atoms with van der Waals surface area (Å²) in [5.41, 5.74) is 0. The van der Waals surface area contributed by atoms with Crippen molar-refractivity contribution in [3.63, 3.8) is 0 Å². The molecule has 0 N–H and O–H groups in total. The Labute approximate surface area is 86.1 Å². The molecule has 0 aliphatic heterocycles. The Hall–Kier alpha value is -0.180. The highest BCUT2D eigenvalue weighted by molar-refractivity contribution is 7.99. The van der Waals surface area contributed by atoms with Gasteiger partial charge in [-0.2, -0.15) is 11.8 Å². The largest absolute Gasteiger partial charge is 0.345 e. The highest BCUT2D eigenvalue weighted by atomic mass is 32.2. The molecule has 0 aliphatic carbocycles. The number of rotatable bonds is 6. The minimum Gasteiger partial charge on any atom is -0.345 e. The van der Waals surface area contributed by atoms with Crippen molar-refractivity contribution in [1.82, 2.24) is 4.90 Å². The first-order chi connectivity index (χ1) is 6.07. The van der Waals surface area contributed by atoms with Crippen LogP contribution in [-0.2, 0) is 4.79 Å². The summed E-state index contributed by atoms with van der Waals surface area (Å²) in [4.78, 5) is 12.6. The topological polar surface area (TPSA) is 20.3 Å². The van der Waals surface area contributed by atoms with Gasteiger partial charge in [-0.1, -0.05) is 20.3 Å². The fraction of sp³-hybridized carbons (Fsp3) is 0.900. The Balaban J connectivity index is 3.39. The van der Waals surface area contributed by atoms with Gasteiger partial charge in [0.05, 0.1) is 0 Å². The van der Waals surface area contributed by atoms with Crippen LogP contribution in [0.3, 0.4) is 0 Å². The first-order valence-corrected chi connectivity index (χ1v) is 5.96. The van der Waals surface area contributed by atoms with Gasteiger partial charge in [0.2, 0.25) is 5.91 Å². The van der Waals surface area contributed by atoms with Gasteiger partial charge in [-0.15, -0.1) is 0 Å². The minimum atomic E-state index is 0.156. The van der Waals surface area contributed by atoms with E-state index in [1.165, 1.54) is 12.8 Å². The molecule has 1 atom stereocenters. The Morgan fingerprint density at radius 2 is 2.15 bits per heavy atom. The van der Waals surface area contributed by atoms with Gasteiger partial charge in [-0.25, -0.2) is 0 Å². The average Bonchev–Trinajstić information content (AvgIpc) is 2.04. The standard InChI is InChI=1S/C10H21NOS/c1-5-6-9(2)13-8-7-11(4)10(3)12/h9H,5-8H2,1-4H3. The SMILES string of the molecule is CCCC(C)SCCN(C)C(C)=O. The van der Waals surface area contributed by atoms with Gasteiger partial charge >= 0.3 is 0 Å². The van der Waals surface area contributed by atoms with Crippen LogP contribution < -0.4 is 0 Å². The Bertz CT molecular complexity index is 150. The number of thioether (sulfide) groups is 1. The molecule has 0 saturated carbocycles. The van der Waals surface area contributed by atoms with Gasteiger partial charge in [0, 0.05) is 31.5 Å². The molecule has 0 radical (unpaired) electrons. The summed E-state index contributed by atoms with van der Waals surface area (Å²) in [5.74, 6) is 1.21. The van der Waals surface area contributed by atoms with Crippen molar-refractivity contribution < 1.29 is 4.79 Å². The van der Waals surface area contributed by atoms with E-state index in [0.717, 1.165) is 17.5 Å². The highest BCUT2D eigenvalue weighted by Crippen LogP contribution is 2.15. The van der Waals surface area contributed by atoms with Gasteiger partial charge in [0.15, 0.2) is 0 Å². The van der Waals surface area contributed by atoms with E-state index in [9.17, 15) is 4.79 Å². The van der Waals surface area contributed by atoms with Crippen molar-refractivity contribution in [2.45, 2.75) is 38.9 Å². The van der Waals surface area contributed by atoms with Crippen molar-refractivity contribution >= 4 is 17.7 Å². The van der Waals surface area contributed by atoms with Crippen molar-refractivity contribution in [2.24, 2.45) is 0 Å². The molecule has 3 heteroatoms. The van der Waals surface area contributed by atoms with Gasteiger partial charge in [0.25, 0.3) is 0 Å². The van der Waals surface area contributed by atoms with E-state index in [1.807, 2.05) is 18.8 Å². The zero-order chi connectivity index (χ0) is 10.3. The number of carbonyl (C=O) groups excluding carboxylic acids is 1. The fourth-order valence-corrected chi connectivity index (χ4v) is 2.22. The maximum atomic E-state index is 10.9. The molecule has 0 aromatic rings. The summed E-state index contributed by atoms with van der Waals surface area (Å²) in [6.45, 7) is 6.94. The second-order valence-corrected chi connectivity index (χ2v) is 4.96. The molecule has 78 valence electrons. The predicted octanol–water partition coefficient (Wildman–Crippen LogP) is 2.39. The van der Waals surface area contributed by atoms with Crippen LogP contribution in [-0.4, -0.2) is 35.4 Å². The van der Waals surface area contributed by atoms with Crippen molar-refractivity contribution in [3.8, 4) is 0 Å². The molecule has 0 fully saturated rings. The number of hydrogen-bond donors (Lipinski definition) is 0. The summed E-state index contributed by atoms with van der Waals surface area (Å²) in [6, 6.07) is 0. The quantitative estimate of drug-likeness (QED) is 0.660. The molecule has 0 aromatic carbocycles.